The van der Waals surface area contributed by atoms with Crippen LogP contribution >= 0.6 is 23.2 Å². The van der Waals surface area contributed by atoms with Crippen molar-refractivity contribution < 1.29 is 14.3 Å². The van der Waals surface area contributed by atoms with Crippen molar-refractivity contribution in [2.24, 2.45) is 5.10 Å². The third kappa shape index (κ3) is 8.63. The highest BCUT2D eigenvalue weighted by Gasteiger charge is 2.16. The Kier molecular flexibility index (Phi) is 11.3. The van der Waals surface area contributed by atoms with E-state index in [1.165, 1.54) is 24.6 Å². The van der Waals surface area contributed by atoms with Gasteiger partial charge in [0.2, 0.25) is 12.3 Å². The van der Waals surface area contributed by atoms with Crippen molar-refractivity contribution in [1.29, 1.82) is 0 Å². The summed E-state index contributed by atoms with van der Waals surface area (Å²) in [7, 11) is 1.51. The smallest absolute Gasteiger partial charge is 0.244 e. The first-order valence-electron chi connectivity index (χ1n) is 10.4. The number of hydrazone groups is 1. The van der Waals surface area contributed by atoms with Crippen LogP contribution in [-0.4, -0.2) is 32.4 Å². The van der Waals surface area contributed by atoms with Gasteiger partial charge in [0.1, 0.15) is 6.73 Å². The fourth-order valence-electron chi connectivity index (χ4n) is 2.90. The van der Waals surface area contributed by atoms with Gasteiger partial charge < -0.3 is 10.1 Å². The second-order valence-corrected chi connectivity index (χ2v) is 8.11. The molecule has 0 aliphatic carbocycles. The molecule has 3 aromatic rings. The highest BCUT2D eigenvalue weighted by atomic mass is 35.5. The fourth-order valence-corrected chi connectivity index (χ4v) is 3.51. The zero-order valence-corrected chi connectivity index (χ0v) is 20.8. The Morgan fingerprint density at radius 2 is 1.68 bits per heavy atom. The van der Waals surface area contributed by atoms with E-state index in [0.717, 1.165) is 16.7 Å². The topological polar surface area (TPSA) is 71.0 Å². The Hall–Kier alpha value is -3.19. The third-order valence-corrected chi connectivity index (χ3v) is 5.28. The molecule has 0 aliphatic rings. The molecule has 0 aromatic heterocycles. The van der Waals surface area contributed by atoms with Gasteiger partial charge in [-0.2, -0.15) is 5.10 Å². The number of ether oxygens (including phenoxy) is 1. The molecule has 3 aromatic carbocycles. The first-order chi connectivity index (χ1) is 16.3. The monoisotopic (exact) mass is 499 g/mol. The van der Waals surface area contributed by atoms with Crippen molar-refractivity contribution in [1.82, 2.24) is 5.32 Å². The number of aryl methyl sites for hydroxylation is 1. The van der Waals surface area contributed by atoms with Crippen LogP contribution < -0.4 is 10.3 Å². The predicted octanol–water partition coefficient (Wildman–Crippen LogP) is 5.62. The number of nitrogens with one attached hydrogen (secondary N) is 1. The lowest BCUT2D eigenvalue weighted by Gasteiger charge is -2.17. The molecule has 0 fully saturated rings. The summed E-state index contributed by atoms with van der Waals surface area (Å²) in [6, 6.07) is 21.2. The molecule has 8 heteroatoms. The lowest BCUT2D eigenvalue weighted by Crippen LogP contribution is -2.22. The van der Waals surface area contributed by atoms with Crippen LogP contribution in [0.4, 0.5) is 5.69 Å². The number of hydrogen-bond acceptors (Lipinski definition) is 4. The number of rotatable bonds is 8. The molecule has 34 heavy (non-hydrogen) atoms. The summed E-state index contributed by atoms with van der Waals surface area (Å²) in [5.74, 6) is -0.231. The standard InChI is InChI=1S/C23H20Cl2N2O.C3H7NO2/c1-16-8-10-18(11-9-16)12-21-22(24)13-20(14-23(21)25)27(17(2)28)26-15-19-6-4-3-5-7-19;1-6-3-4-2-5/h3-11,13-15H,12H2,1-2H3;2H,3H2,1H3,(H,4,5)/b26-15+;. The van der Waals surface area contributed by atoms with E-state index < -0.39 is 0 Å². The van der Waals surface area contributed by atoms with Gasteiger partial charge in [-0.05, 0) is 35.7 Å². The van der Waals surface area contributed by atoms with Crippen molar-refractivity contribution in [3.05, 3.63) is 99.0 Å². The van der Waals surface area contributed by atoms with Gasteiger partial charge in [-0.15, -0.1) is 0 Å². The van der Waals surface area contributed by atoms with Crippen LogP contribution in [0.2, 0.25) is 10.0 Å². The number of methoxy groups -OCH3 is 1. The van der Waals surface area contributed by atoms with Crippen LogP contribution in [0.1, 0.15) is 29.2 Å². The van der Waals surface area contributed by atoms with Crippen LogP contribution in [0.15, 0.2) is 71.8 Å². The second-order valence-electron chi connectivity index (χ2n) is 7.29. The van der Waals surface area contributed by atoms with Gasteiger partial charge >= 0.3 is 0 Å². The fraction of sp³-hybridized carbons (Fsp3) is 0.192. The molecule has 3 rings (SSSR count). The molecule has 0 atom stereocenters. The maximum absolute atomic E-state index is 12.1. The zero-order valence-electron chi connectivity index (χ0n) is 19.3. The normalized spacial score (nSPS) is 10.4. The zero-order chi connectivity index (χ0) is 24.9. The summed E-state index contributed by atoms with van der Waals surface area (Å²) in [5.41, 5.74) is 4.56. The van der Waals surface area contributed by atoms with E-state index in [4.69, 9.17) is 23.2 Å². The van der Waals surface area contributed by atoms with Gasteiger partial charge in [-0.25, -0.2) is 5.01 Å². The molecule has 0 spiro atoms. The van der Waals surface area contributed by atoms with Gasteiger partial charge in [0, 0.05) is 30.5 Å². The summed E-state index contributed by atoms with van der Waals surface area (Å²) in [5, 5.41) is 8.91. The van der Waals surface area contributed by atoms with E-state index in [2.05, 4.69) is 39.4 Å². The summed E-state index contributed by atoms with van der Waals surface area (Å²) in [6.07, 6.45) is 2.83. The van der Waals surface area contributed by atoms with E-state index in [-0.39, 0.29) is 5.91 Å². The molecular formula is C26H27Cl2N3O3. The molecule has 0 bridgehead atoms. The van der Waals surface area contributed by atoms with Crippen molar-refractivity contribution in [3.8, 4) is 0 Å². The Balaban J connectivity index is 0.000000604. The average molecular weight is 500 g/mol. The largest absolute Gasteiger partial charge is 0.365 e. The molecule has 0 radical (unpaired) electrons. The molecule has 6 nitrogen and oxygen atoms in total. The minimum Gasteiger partial charge on any atom is -0.365 e. The Labute approximate surface area is 210 Å². The van der Waals surface area contributed by atoms with Gasteiger partial charge in [0.15, 0.2) is 0 Å². The molecule has 178 valence electrons. The number of benzene rings is 3. The first kappa shape index (κ1) is 27.1. The van der Waals surface area contributed by atoms with Crippen LogP contribution in [0.5, 0.6) is 0 Å². The van der Waals surface area contributed by atoms with Crippen molar-refractivity contribution >= 4 is 47.4 Å². The highest BCUT2D eigenvalue weighted by molar-refractivity contribution is 6.36. The van der Waals surface area contributed by atoms with Gasteiger partial charge in [0.05, 0.1) is 11.9 Å². The van der Waals surface area contributed by atoms with Gasteiger partial charge in [0.25, 0.3) is 0 Å². The number of nitrogens with zero attached hydrogens (tertiary/aromatic N) is 2. The van der Waals surface area contributed by atoms with Crippen LogP contribution in [-0.2, 0) is 20.7 Å². The number of carbonyl (C=O) groups is 2. The Bertz CT molecular complexity index is 1080. The molecule has 2 amide bonds. The molecule has 1 N–H and O–H groups in total. The maximum atomic E-state index is 12.1. The summed E-state index contributed by atoms with van der Waals surface area (Å²) in [6.45, 7) is 3.79. The predicted molar refractivity (Wildman–Crippen MR) is 139 cm³/mol. The maximum Gasteiger partial charge on any atom is 0.244 e. The summed E-state index contributed by atoms with van der Waals surface area (Å²) < 4.78 is 4.44. The van der Waals surface area contributed by atoms with Crippen LogP contribution in [0.3, 0.4) is 0 Å². The van der Waals surface area contributed by atoms with E-state index in [0.29, 0.717) is 35.3 Å². The van der Waals surface area contributed by atoms with Crippen LogP contribution in [0.25, 0.3) is 0 Å². The third-order valence-electron chi connectivity index (χ3n) is 4.60. The number of carbonyl (C=O) groups excluding carboxylic acids is 2. The number of amides is 2. The van der Waals surface area contributed by atoms with Gasteiger partial charge in [-0.1, -0.05) is 83.4 Å². The highest BCUT2D eigenvalue weighted by Crippen LogP contribution is 2.33. The lowest BCUT2D eigenvalue weighted by molar-refractivity contribution is -0.116. The number of halogens is 2. The first-order valence-corrected chi connectivity index (χ1v) is 11.2. The number of anilines is 1. The summed E-state index contributed by atoms with van der Waals surface area (Å²) in [4.78, 5) is 21.5. The molecule has 0 heterocycles. The molecule has 0 unspecified atom stereocenters. The second kappa shape index (κ2) is 14.2. The summed E-state index contributed by atoms with van der Waals surface area (Å²) >= 11 is 13.0. The molecular weight excluding hydrogens is 473 g/mol. The lowest BCUT2D eigenvalue weighted by atomic mass is 10.0. The molecule has 0 saturated heterocycles. The van der Waals surface area contributed by atoms with E-state index >= 15 is 0 Å². The van der Waals surface area contributed by atoms with E-state index in [1.54, 1.807) is 18.3 Å². The van der Waals surface area contributed by atoms with E-state index in [1.807, 2.05) is 37.3 Å². The van der Waals surface area contributed by atoms with Gasteiger partial charge in [-0.3, -0.25) is 9.59 Å². The molecule has 0 aliphatic heterocycles. The van der Waals surface area contributed by atoms with Crippen molar-refractivity contribution in [2.45, 2.75) is 20.3 Å². The minimum atomic E-state index is -0.231. The quantitative estimate of drug-likeness (QED) is 0.144. The minimum absolute atomic E-state index is 0.231. The van der Waals surface area contributed by atoms with Crippen molar-refractivity contribution in [3.63, 3.8) is 0 Å². The Morgan fingerprint density at radius 3 is 2.18 bits per heavy atom. The molecule has 0 saturated carbocycles. The van der Waals surface area contributed by atoms with Crippen molar-refractivity contribution in [2.75, 3.05) is 18.8 Å². The van der Waals surface area contributed by atoms with E-state index in [9.17, 15) is 9.59 Å². The van der Waals surface area contributed by atoms with Crippen LogP contribution in [0, 0.1) is 6.92 Å². The number of hydrogen-bond donors (Lipinski definition) is 1. The average Bonchev–Trinajstić information content (AvgIpc) is 2.82. The SMILES string of the molecule is CC(=O)N(/N=C/c1ccccc1)c1cc(Cl)c(Cc2ccc(C)cc2)c(Cl)c1.COCNC=O. The Morgan fingerprint density at radius 1 is 1.06 bits per heavy atom.